The number of terminal acetylenes is 1. The number of anilines is 1. The Balaban J connectivity index is 2.28. The van der Waals surface area contributed by atoms with Crippen LogP contribution in [0.5, 0.6) is 0 Å². The zero-order valence-electron chi connectivity index (χ0n) is 13.4. The molecule has 4 atom stereocenters. The van der Waals surface area contributed by atoms with Crippen LogP contribution in [0.3, 0.4) is 0 Å². The Morgan fingerprint density at radius 2 is 2.12 bits per heavy atom. The van der Waals surface area contributed by atoms with Gasteiger partial charge in [0.15, 0.2) is 23.6 Å². The van der Waals surface area contributed by atoms with E-state index in [9.17, 15) is 19.1 Å². The van der Waals surface area contributed by atoms with Gasteiger partial charge in [0.1, 0.15) is 6.10 Å². The lowest BCUT2D eigenvalue weighted by atomic mass is 10.1. The minimum absolute atomic E-state index is 0.0857. The van der Waals surface area contributed by atoms with Crippen molar-refractivity contribution in [1.82, 2.24) is 18.8 Å². The fourth-order valence-corrected chi connectivity index (χ4v) is 3.00. The number of aliphatic hydroxyl groups excluding tert-OH is 2. The Labute approximate surface area is 145 Å². The van der Waals surface area contributed by atoms with Crippen LogP contribution in [0.2, 0.25) is 0 Å². The first kappa shape index (κ1) is 17.9. The maximum Gasteiger partial charge on any atom is 0.333 e. The third-order valence-electron chi connectivity index (χ3n) is 4.24. The Morgan fingerprint density at radius 3 is 2.73 bits per heavy atom. The van der Waals surface area contributed by atoms with Gasteiger partial charge < -0.3 is 26.5 Å². The summed E-state index contributed by atoms with van der Waals surface area (Å²) < 4.78 is 21.9. The van der Waals surface area contributed by atoms with Gasteiger partial charge in [-0.05, 0) is 6.42 Å². The molecule has 0 aromatic carbocycles. The summed E-state index contributed by atoms with van der Waals surface area (Å²) in [7, 11) is 0. The summed E-state index contributed by atoms with van der Waals surface area (Å²) in [5.41, 5.74) is 3.41. The predicted molar refractivity (Wildman–Crippen MR) is 88.2 cm³/mol. The molecule has 0 unspecified atom stereocenters. The van der Waals surface area contributed by atoms with Gasteiger partial charge in [0.2, 0.25) is 5.95 Å². The van der Waals surface area contributed by atoms with Crippen LogP contribution in [0, 0.1) is 12.3 Å². The third-order valence-corrected chi connectivity index (χ3v) is 4.24. The molecule has 2 aromatic heterocycles. The fourth-order valence-electron chi connectivity index (χ4n) is 3.00. The minimum Gasteiger partial charge on any atom is -0.396 e. The average Bonchev–Trinajstić information content (AvgIpc) is 3.02. The number of rotatable bonds is 4. The van der Waals surface area contributed by atoms with E-state index < -0.39 is 41.8 Å². The third kappa shape index (κ3) is 2.45. The molecule has 1 fully saturated rings. The van der Waals surface area contributed by atoms with Crippen LogP contribution >= 0.6 is 0 Å². The first-order valence-corrected chi connectivity index (χ1v) is 7.63. The molecule has 26 heavy (non-hydrogen) atoms. The standard InChI is InChI=1S/C14H17FN6O5/c1-2-4-19-8-10(18-13(16)21(17)11(8)24)20(14(19)25)12-9(23)7(15)6(26-12)3-5-22/h1,6-7,9,12,22-23H,3-5,17H2,(H2,16,18)/t6-,7-,9-,12-/m1/s1. The Bertz CT molecular complexity index is 1000. The van der Waals surface area contributed by atoms with E-state index in [1.807, 2.05) is 0 Å². The number of aliphatic hydroxyl groups is 2. The second-order valence-electron chi connectivity index (χ2n) is 5.77. The van der Waals surface area contributed by atoms with Gasteiger partial charge in [-0.2, -0.15) is 9.66 Å². The Morgan fingerprint density at radius 1 is 1.42 bits per heavy atom. The molecule has 0 spiro atoms. The van der Waals surface area contributed by atoms with Crippen molar-refractivity contribution in [3.63, 3.8) is 0 Å². The Kier molecular flexibility index (Phi) is 4.45. The van der Waals surface area contributed by atoms with Crippen molar-refractivity contribution in [3.05, 3.63) is 20.8 Å². The van der Waals surface area contributed by atoms with E-state index in [0.717, 1.165) is 9.13 Å². The van der Waals surface area contributed by atoms with Crippen molar-refractivity contribution in [1.29, 1.82) is 0 Å². The number of hydrogen-bond acceptors (Lipinski definition) is 8. The molecule has 0 aliphatic carbocycles. The summed E-state index contributed by atoms with van der Waals surface area (Å²) >= 11 is 0. The van der Waals surface area contributed by atoms with Crippen LogP contribution in [-0.2, 0) is 11.3 Å². The first-order valence-electron chi connectivity index (χ1n) is 7.63. The van der Waals surface area contributed by atoms with Gasteiger partial charge in [0, 0.05) is 6.61 Å². The van der Waals surface area contributed by atoms with Gasteiger partial charge in [0.25, 0.3) is 5.56 Å². The van der Waals surface area contributed by atoms with Crippen LogP contribution in [0.15, 0.2) is 9.59 Å². The molecular formula is C14H17FN6O5. The van der Waals surface area contributed by atoms with E-state index >= 15 is 0 Å². The van der Waals surface area contributed by atoms with Crippen LogP contribution in [-0.4, -0.2) is 54.0 Å². The number of ether oxygens (including phenoxy) is 1. The Hall–Kier alpha value is -2.88. The van der Waals surface area contributed by atoms with E-state index in [1.165, 1.54) is 0 Å². The molecule has 6 N–H and O–H groups in total. The molecule has 0 amide bonds. The molecule has 12 heteroatoms. The molecule has 140 valence electrons. The zero-order valence-corrected chi connectivity index (χ0v) is 13.4. The molecule has 11 nitrogen and oxygen atoms in total. The fraction of sp³-hybridized carbons (Fsp3) is 0.500. The number of nitrogens with zero attached hydrogens (tertiary/aromatic N) is 4. The molecule has 3 heterocycles. The van der Waals surface area contributed by atoms with Crippen LogP contribution in [0.25, 0.3) is 11.2 Å². The number of alkyl halides is 1. The highest BCUT2D eigenvalue weighted by molar-refractivity contribution is 5.72. The normalized spacial score (nSPS) is 25.6. The van der Waals surface area contributed by atoms with Crippen molar-refractivity contribution in [2.24, 2.45) is 0 Å². The maximum atomic E-state index is 14.2. The minimum atomic E-state index is -1.85. The first-order chi connectivity index (χ1) is 12.3. The van der Waals surface area contributed by atoms with Gasteiger partial charge in [-0.15, -0.1) is 6.42 Å². The lowest BCUT2D eigenvalue weighted by Crippen LogP contribution is -2.34. The largest absolute Gasteiger partial charge is 0.396 e. The molecule has 0 saturated carbocycles. The molecule has 1 aliphatic heterocycles. The molecule has 0 radical (unpaired) electrons. The molecule has 0 bridgehead atoms. The quantitative estimate of drug-likeness (QED) is 0.334. The van der Waals surface area contributed by atoms with Gasteiger partial charge in [0.05, 0.1) is 12.6 Å². The highest BCUT2D eigenvalue weighted by atomic mass is 19.1. The lowest BCUT2D eigenvalue weighted by Gasteiger charge is -2.15. The number of halogens is 1. The van der Waals surface area contributed by atoms with E-state index in [0.29, 0.717) is 4.68 Å². The van der Waals surface area contributed by atoms with Crippen molar-refractivity contribution in [2.75, 3.05) is 18.2 Å². The molecule has 2 aromatic rings. The summed E-state index contributed by atoms with van der Waals surface area (Å²) in [5, 5.41) is 19.1. The molecular weight excluding hydrogens is 351 g/mol. The molecule has 1 aliphatic rings. The van der Waals surface area contributed by atoms with E-state index in [2.05, 4.69) is 10.9 Å². The summed E-state index contributed by atoms with van der Waals surface area (Å²) in [6, 6.07) is 0. The highest BCUT2D eigenvalue weighted by Gasteiger charge is 2.46. The average molecular weight is 368 g/mol. The second-order valence-corrected chi connectivity index (χ2v) is 5.77. The SMILES string of the molecule is C#CCn1c(=O)n([C@@H]2O[C@H](CCO)[C@@H](F)[C@H]2O)c2nc(N)n(N)c(=O)c21. The molecule has 1 saturated heterocycles. The van der Waals surface area contributed by atoms with Gasteiger partial charge in [-0.25, -0.2) is 13.8 Å². The van der Waals surface area contributed by atoms with Crippen LogP contribution < -0.4 is 22.8 Å². The van der Waals surface area contributed by atoms with E-state index in [4.69, 9.17) is 27.8 Å². The number of aromatic nitrogens is 4. The highest BCUT2D eigenvalue weighted by Crippen LogP contribution is 2.33. The molecule has 3 rings (SSSR count). The summed E-state index contributed by atoms with van der Waals surface area (Å²) in [6.07, 6.45) is -1.03. The van der Waals surface area contributed by atoms with Gasteiger partial charge >= 0.3 is 5.69 Å². The topological polar surface area (TPSA) is 164 Å². The zero-order chi connectivity index (χ0) is 19.2. The number of nitrogen functional groups attached to an aromatic ring is 2. The summed E-state index contributed by atoms with van der Waals surface area (Å²) in [4.78, 5) is 29.1. The second kappa shape index (κ2) is 6.45. The smallest absolute Gasteiger partial charge is 0.333 e. The summed E-state index contributed by atoms with van der Waals surface area (Å²) in [6.45, 7) is -0.660. The number of imidazole rings is 1. The maximum absolute atomic E-state index is 14.2. The monoisotopic (exact) mass is 368 g/mol. The van der Waals surface area contributed by atoms with Crippen LogP contribution in [0.1, 0.15) is 12.6 Å². The number of hydrogen-bond donors (Lipinski definition) is 4. The van der Waals surface area contributed by atoms with Gasteiger partial charge in [-0.3, -0.25) is 9.36 Å². The van der Waals surface area contributed by atoms with E-state index in [1.54, 1.807) is 0 Å². The lowest BCUT2D eigenvalue weighted by molar-refractivity contribution is -0.0422. The number of nitrogens with two attached hydrogens (primary N) is 2. The number of fused-ring (bicyclic) bond motifs is 1. The van der Waals surface area contributed by atoms with Crippen molar-refractivity contribution in [2.45, 2.75) is 37.6 Å². The van der Waals surface area contributed by atoms with Gasteiger partial charge in [-0.1, -0.05) is 5.92 Å². The van der Waals surface area contributed by atoms with Crippen molar-refractivity contribution >= 4 is 17.1 Å². The van der Waals surface area contributed by atoms with Crippen LogP contribution in [0.4, 0.5) is 10.3 Å². The van der Waals surface area contributed by atoms with Crippen molar-refractivity contribution < 1.29 is 19.3 Å². The summed E-state index contributed by atoms with van der Waals surface area (Å²) in [5.74, 6) is 7.33. The van der Waals surface area contributed by atoms with E-state index in [-0.39, 0.29) is 30.7 Å². The predicted octanol–water partition coefficient (Wildman–Crippen LogP) is -2.73. The van der Waals surface area contributed by atoms with Crippen molar-refractivity contribution in [3.8, 4) is 12.3 Å².